The van der Waals surface area contributed by atoms with Crippen LogP contribution in [0.2, 0.25) is 0 Å². The van der Waals surface area contributed by atoms with Crippen LogP contribution in [0.15, 0.2) is 33.4 Å². The van der Waals surface area contributed by atoms with Crippen molar-refractivity contribution in [2.45, 2.75) is 26.9 Å². The van der Waals surface area contributed by atoms with E-state index in [2.05, 4.69) is 64.0 Å². The Balaban J connectivity index is 2.21. The highest BCUT2D eigenvalue weighted by molar-refractivity contribution is 9.11. The normalized spacial score (nSPS) is 11.7. The Labute approximate surface area is 136 Å². The van der Waals surface area contributed by atoms with Crippen LogP contribution >= 0.6 is 27.3 Å². The summed E-state index contributed by atoms with van der Waals surface area (Å²) in [4.78, 5) is 4.85. The van der Waals surface area contributed by atoms with Gasteiger partial charge in [0.05, 0.1) is 14.8 Å². The number of benzene rings is 1. The van der Waals surface area contributed by atoms with Crippen molar-refractivity contribution in [2.24, 2.45) is 11.7 Å². The third kappa shape index (κ3) is 2.91. The number of hydrogen-bond donors (Lipinski definition) is 1. The summed E-state index contributed by atoms with van der Waals surface area (Å²) in [5.74, 6) is 1.60. The molecule has 0 bridgehead atoms. The van der Waals surface area contributed by atoms with Gasteiger partial charge in [-0.2, -0.15) is 0 Å². The minimum atomic E-state index is 0.548. The lowest BCUT2D eigenvalue weighted by molar-refractivity contribution is 0.536. The summed E-state index contributed by atoms with van der Waals surface area (Å²) in [6.07, 6.45) is 0. The standard InChI is InChI=1S/C16H18BrN3S/c1-10(2)8-20-14-4-3-11(7-18)5-13(14)19-16(20)12-6-15(17)21-9-12/h3-6,9-10H,7-8,18H2,1-2H3. The van der Waals surface area contributed by atoms with Gasteiger partial charge in [-0.1, -0.05) is 19.9 Å². The molecule has 5 heteroatoms. The molecule has 0 aliphatic heterocycles. The second-order valence-electron chi connectivity index (χ2n) is 5.61. The third-order valence-corrected chi connectivity index (χ3v) is 4.93. The first-order chi connectivity index (χ1) is 10.1. The number of thiophene rings is 1. The Morgan fingerprint density at radius 2 is 2.14 bits per heavy atom. The number of fused-ring (bicyclic) bond motifs is 1. The average molecular weight is 364 g/mol. The van der Waals surface area contributed by atoms with Crippen molar-refractivity contribution in [1.29, 1.82) is 0 Å². The minimum absolute atomic E-state index is 0.548. The quantitative estimate of drug-likeness (QED) is 0.733. The molecule has 0 fully saturated rings. The Morgan fingerprint density at radius 3 is 2.76 bits per heavy atom. The highest BCUT2D eigenvalue weighted by atomic mass is 79.9. The Morgan fingerprint density at radius 1 is 1.33 bits per heavy atom. The Bertz CT molecular complexity index is 773. The van der Waals surface area contributed by atoms with Crippen molar-refractivity contribution in [1.82, 2.24) is 9.55 Å². The molecule has 0 amide bonds. The molecule has 2 aromatic heterocycles. The van der Waals surface area contributed by atoms with Crippen LogP contribution in [0.3, 0.4) is 0 Å². The first-order valence-electron chi connectivity index (χ1n) is 7.02. The van der Waals surface area contributed by atoms with Crippen LogP contribution in [0, 0.1) is 5.92 Å². The van der Waals surface area contributed by atoms with Gasteiger partial charge in [0.1, 0.15) is 5.82 Å². The van der Waals surface area contributed by atoms with E-state index in [0.717, 1.165) is 32.8 Å². The fraction of sp³-hybridized carbons (Fsp3) is 0.312. The predicted molar refractivity (Wildman–Crippen MR) is 93.5 cm³/mol. The molecule has 3 rings (SSSR count). The molecule has 110 valence electrons. The van der Waals surface area contributed by atoms with Crippen LogP contribution in [0.5, 0.6) is 0 Å². The van der Waals surface area contributed by atoms with Gasteiger partial charge in [0.2, 0.25) is 0 Å². The van der Waals surface area contributed by atoms with Crippen molar-refractivity contribution in [3.8, 4) is 11.4 Å². The molecule has 0 radical (unpaired) electrons. The second kappa shape index (κ2) is 5.91. The van der Waals surface area contributed by atoms with Gasteiger partial charge in [-0.15, -0.1) is 11.3 Å². The largest absolute Gasteiger partial charge is 0.326 e. The topological polar surface area (TPSA) is 43.8 Å². The zero-order valence-corrected chi connectivity index (χ0v) is 14.5. The van der Waals surface area contributed by atoms with Gasteiger partial charge < -0.3 is 10.3 Å². The zero-order chi connectivity index (χ0) is 15.0. The van der Waals surface area contributed by atoms with Crippen LogP contribution < -0.4 is 5.73 Å². The molecule has 0 saturated carbocycles. The van der Waals surface area contributed by atoms with Gasteiger partial charge in [-0.3, -0.25) is 0 Å². The zero-order valence-electron chi connectivity index (χ0n) is 12.1. The van der Waals surface area contributed by atoms with Gasteiger partial charge >= 0.3 is 0 Å². The van der Waals surface area contributed by atoms with E-state index < -0.39 is 0 Å². The number of hydrogen-bond acceptors (Lipinski definition) is 3. The SMILES string of the molecule is CC(C)Cn1c(-c2csc(Br)c2)nc2cc(CN)ccc21. The summed E-state index contributed by atoms with van der Waals surface area (Å²) in [6, 6.07) is 8.45. The molecule has 3 nitrogen and oxygen atoms in total. The van der Waals surface area contributed by atoms with Crippen molar-refractivity contribution >= 4 is 38.3 Å². The summed E-state index contributed by atoms with van der Waals surface area (Å²) in [5, 5.41) is 2.14. The smallest absolute Gasteiger partial charge is 0.142 e. The first kappa shape index (κ1) is 14.8. The first-order valence-corrected chi connectivity index (χ1v) is 8.69. The van der Waals surface area contributed by atoms with Gasteiger partial charge in [0.25, 0.3) is 0 Å². The summed E-state index contributed by atoms with van der Waals surface area (Å²) in [6.45, 7) is 5.97. The van der Waals surface area contributed by atoms with E-state index in [4.69, 9.17) is 10.7 Å². The maximum Gasteiger partial charge on any atom is 0.142 e. The van der Waals surface area contributed by atoms with Crippen molar-refractivity contribution in [3.05, 3.63) is 39.0 Å². The molecule has 0 unspecified atom stereocenters. The Kier molecular flexibility index (Phi) is 4.15. The molecule has 2 heterocycles. The molecule has 0 aliphatic rings. The van der Waals surface area contributed by atoms with Crippen LogP contribution in [0.25, 0.3) is 22.4 Å². The molecule has 2 N–H and O–H groups in total. The van der Waals surface area contributed by atoms with E-state index in [1.165, 1.54) is 5.52 Å². The highest BCUT2D eigenvalue weighted by Crippen LogP contribution is 2.31. The fourth-order valence-electron chi connectivity index (χ4n) is 2.50. The number of rotatable bonds is 4. The summed E-state index contributed by atoms with van der Waals surface area (Å²) in [5.41, 5.74) is 10.2. The predicted octanol–water partition coefficient (Wildman–Crippen LogP) is 4.64. The van der Waals surface area contributed by atoms with Gasteiger partial charge in [0.15, 0.2) is 0 Å². The highest BCUT2D eigenvalue weighted by Gasteiger charge is 2.15. The maximum atomic E-state index is 5.74. The van der Waals surface area contributed by atoms with Crippen LogP contribution in [0.4, 0.5) is 0 Å². The van der Waals surface area contributed by atoms with Crippen LogP contribution in [-0.4, -0.2) is 9.55 Å². The van der Waals surface area contributed by atoms with E-state index in [1.54, 1.807) is 11.3 Å². The number of nitrogens with two attached hydrogens (primary N) is 1. The van der Waals surface area contributed by atoms with E-state index in [-0.39, 0.29) is 0 Å². The third-order valence-electron chi connectivity index (χ3n) is 3.42. The number of halogens is 1. The van der Waals surface area contributed by atoms with Gasteiger partial charge in [-0.25, -0.2) is 4.98 Å². The lowest BCUT2D eigenvalue weighted by Gasteiger charge is -2.11. The van der Waals surface area contributed by atoms with Gasteiger partial charge in [-0.05, 0) is 45.6 Å². The molecule has 3 aromatic rings. The molecule has 0 spiro atoms. The lowest BCUT2D eigenvalue weighted by Crippen LogP contribution is -2.06. The maximum absolute atomic E-state index is 5.74. The molecular formula is C16H18BrN3S. The average Bonchev–Trinajstić information content (AvgIpc) is 3.02. The number of aromatic nitrogens is 2. The molecule has 0 atom stereocenters. The van der Waals surface area contributed by atoms with Crippen molar-refractivity contribution < 1.29 is 0 Å². The molecule has 0 saturated heterocycles. The lowest BCUT2D eigenvalue weighted by atomic mass is 10.2. The molecule has 0 aliphatic carbocycles. The molecule has 1 aromatic carbocycles. The van der Waals surface area contributed by atoms with E-state index in [1.807, 2.05) is 0 Å². The summed E-state index contributed by atoms with van der Waals surface area (Å²) < 4.78 is 3.44. The van der Waals surface area contributed by atoms with E-state index in [9.17, 15) is 0 Å². The minimum Gasteiger partial charge on any atom is -0.326 e. The summed E-state index contributed by atoms with van der Waals surface area (Å²) >= 11 is 5.22. The second-order valence-corrected chi connectivity index (χ2v) is 7.90. The van der Waals surface area contributed by atoms with Gasteiger partial charge in [0, 0.05) is 24.0 Å². The van der Waals surface area contributed by atoms with Crippen LogP contribution in [0.1, 0.15) is 19.4 Å². The van der Waals surface area contributed by atoms with E-state index in [0.29, 0.717) is 12.5 Å². The number of imidazole rings is 1. The van der Waals surface area contributed by atoms with Crippen molar-refractivity contribution in [2.75, 3.05) is 0 Å². The summed E-state index contributed by atoms with van der Waals surface area (Å²) in [7, 11) is 0. The Hall–Kier alpha value is -1.17. The van der Waals surface area contributed by atoms with E-state index >= 15 is 0 Å². The molecule has 21 heavy (non-hydrogen) atoms. The number of nitrogens with zero attached hydrogens (tertiary/aromatic N) is 2. The monoisotopic (exact) mass is 363 g/mol. The fourth-order valence-corrected chi connectivity index (χ4v) is 3.64. The van der Waals surface area contributed by atoms with Crippen LogP contribution in [-0.2, 0) is 13.1 Å². The van der Waals surface area contributed by atoms with Crippen molar-refractivity contribution in [3.63, 3.8) is 0 Å². The molecular weight excluding hydrogens is 346 g/mol.